The summed E-state index contributed by atoms with van der Waals surface area (Å²) in [5.41, 5.74) is 8.00. The van der Waals surface area contributed by atoms with E-state index in [2.05, 4.69) is 37.6 Å². The maximum Gasteiger partial charge on any atom is 0.223 e. The molecule has 0 spiro atoms. The number of hydrogen-bond donors (Lipinski definition) is 3. The number of nitrogens with two attached hydrogens (primary N) is 1. The molecular formula is C22H26N6O2. The average Bonchev–Trinajstić information content (AvgIpc) is 2.78. The van der Waals surface area contributed by atoms with Crippen LogP contribution in [0.1, 0.15) is 0 Å². The maximum absolute atomic E-state index is 5.88. The number of nitrogens with zero attached hydrogens (tertiary/aromatic N) is 3. The number of anilines is 5. The van der Waals surface area contributed by atoms with Gasteiger partial charge >= 0.3 is 0 Å². The van der Waals surface area contributed by atoms with E-state index in [0.717, 1.165) is 37.7 Å². The van der Waals surface area contributed by atoms with Crippen molar-refractivity contribution in [2.75, 3.05) is 60.7 Å². The molecule has 0 amide bonds. The van der Waals surface area contributed by atoms with Crippen molar-refractivity contribution in [1.29, 1.82) is 0 Å². The number of morpholine rings is 1. The molecule has 1 fully saturated rings. The van der Waals surface area contributed by atoms with Crippen LogP contribution < -0.4 is 26.0 Å². The molecule has 1 saturated heterocycles. The zero-order chi connectivity index (χ0) is 20.6. The van der Waals surface area contributed by atoms with Gasteiger partial charge in [-0.1, -0.05) is 18.2 Å². The van der Waals surface area contributed by atoms with Gasteiger partial charge in [0.15, 0.2) is 0 Å². The molecule has 3 aromatic rings. The monoisotopic (exact) mass is 406 g/mol. The Kier molecular flexibility index (Phi) is 6.46. The van der Waals surface area contributed by atoms with Gasteiger partial charge in [-0.15, -0.1) is 0 Å². The van der Waals surface area contributed by atoms with Gasteiger partial charge in [0.25, 0.3) is 0 Å². The Hall–Kier alpha value is -3.52. The van der Waals surface area contributed by atoms with Crippen molar-refractivity contribution in [3.63, 3.8) is 0 Å². The Labute approximate surface area is 176 Å². The normalized spacial score (nSPS) is 13.7. The standard InChI is InChI=1S/C22H26N6O2/c23-22-26-20(24-10-13-30-19-4-2-1-3-5-19)16-21(27-22)25-17-6-8-18(9-7-17)28-11-14-29-15-12-28/h1-9,16H,10-15H2,(H4,23,24,25,26,27). The van der Waals surface area contributed by atoms with Gasteiger partial charge in [0.05, 0.1) is 19.8 Å². The molecule has 1 aromatic heterocycles. The van der Waals surface area contributed by atoms with Crippen LogP contribution in [0, 0.1) is 0 Å². The first kappa shape index (κ1) is 19.8. The summed E-state index contributed by atoms with van der Waals surface area (Å²) in [6, 6.07) is 19.8. The third-order valence-electron chi connectivity index (χ3n) is 4.68. The molecule has 8 heteroatoms. The van der Waals surface area contributed by atoms with Crippen LogP contribution in [0.25, 0.3) is 0 Å². The zero-order valence-electron chi connectivity index (χ0n) is 16.8. The van der Waals surface area contributed by atoms with Crippen molar-refractivity contribution in [3.05, 3.63) is 60.7 Å². The maximum atomic E-state index is 5.88. The highest BCUT2D eigenvalue weighted by Gasteiger charge is 2.11. The Morgan fingerprint density at radius 3 is 2.47 bits per heavy atom. The molecule has 8 nitrogen and oxygen atoms in total. The quantitative estimate of drug-likeness (QED) is 0.491. The number of nitrogen functional groups attached to an aromatic ring is 1. The minimum absolute atomic E-state index is 0.205. The number of benzene rings is 2. The van der Waals surface area contributed by atoms with Crippen molar-refractivity contribution in [3.8, 4) is 5.75 Å². The van der Waals surface area contributed by atoms with E-state index < -0.39 is 0 Å². The first-order valence-corrected chi connectivity index (χ1v) is 10.0. The zero-order valence-corrected chi connectivity index (χ0v) is 16.8. The second-order valence-electron chi connectivity index (χ2n) is 6.86. The molecule has 0 atom stereocenters. The first-order valence-electron chi connectivity index (χ1n) is 10.0. The summed E-state index contributed by atoms with van der Waals surface area (Å²) in [5.74, 6) is 2.32. The van der Waals surface area contributed by atoms with Crippen molar-refractivity contribution in [2.24, 2.45) is 0 Å². The minimum Gasteiger partial charge on any atom is -0.492 e. The highest BCUT2D eigenvalue weighted by molar-refractivity contribution is 5.63. The predicted octanol–water partition coefficient (Wildman–Crippen LogP) is 3.13. The lowest BCUT2D eigenvalue weighted by Crippen LogP contribution is -2.36. The third kappa shape index (κ3) is 5.51. The molecule has 0 radical (unpaired) electrons. The predicted molar refractivity (Wildman–Crippen MR) is 120 cm³/mol. The number of aromatic nitrogens is 2. The Morgan fingerprint density at radius 1 is 0.967 bits per heavy atom. The summed E-state index contributed by atoms with van der Waals surface area (Å²) in [7, 11) is 0. The smallest absolute Gasteiger partial charge is 0.223 e. The Bertz CT molecular complexity index is 930. The van der Waals surface area contributed by atoms with E-state index >= 15 is 0 Å². The molecule has 1 aliphatic rings. The number of hydrogen-bond acceptors (Lipinski definition) is 8. The number of ether oxygens (including phenoxy) is 2. The van der Waals surface area contributed by atoms with Gasteiger partial charge in [-0.3, -0.25) is 0 Å². The molecule has 0 unspecified atom stereocenters. The molecule has 0 bridgehead atoms. The summed E-state index contributed by atoms with van der Waals surface area (Å²) in [6.45, 7) is 4.48. The van der Waals surface area contributed by atoms with Crippen LogP contribution in [0.4, 0.5) is 29.0 Å². The van der Waals surface area contributed by atoms with E-state index in [0.29, 0.717) is 24.8 Å². The molecule has 4 rings (SSSR count). The van der Waals surface area contributed by atoms with Gasteiger partial charge in [-0.25, -0.2) is 0 Å². The first-order chi connectivity index (χ1) is 14.8. The van der Waals surface area contributed by atoms with E-state index in [9.17, 15) is 0 Å². The number of nitrogens with one attached hydrogen (secondary N) is 2. The summed E-state index contributed by atoms with van der Waals surface area (Å²) in [4.78, 5) is 10.8. The molecular weight excluding hydrogens is 380 g/mol. The number of para-hydroxylation sites is 1. The Balaban J connectivity index is 1.32. The van der Waals surface area contributed by atoms with Gasteiger partial charge < -0.3 is 30.7 Å². The fourth-order valence-corrected chi connectivity index (χ4v) is 3.21. The summed E-state index contributed by atoms with van der Waals surface area (Å²) in [6.07, 6.45) is 0. The van der Waals surface area contributed by atoms with Crippen LogP contribution in [0.15, 0.2) is 60.7 Å². The molecule has 2 heterocycles. The molecule has 1 aliphatic heterocycles. The van der Waals surface area contributed by atoms with Gasteiger partial charge in [0.1, 0.15) is 24.0 Å². The van der Waals surface area contributed by atoms with Crippen molar-refractivity contribution in [1.82, 2.24) is 9.97 Å². The van der Waals surface area contributed by atoms with Crippen molar-refractivity contribution < 1.29 is 9.47 Å². The van der Waals surface area contributed by atoms with Crippen LogP contribution in [-0.2, 0) is 4.74 Å². The highest BCUT2D eigenvalue weighted by atomic mass is 16.5. The SMILES string of the molecule is Nc1nc(NCCOc2ccccc2)cc(Nc2ccc(N3CCOCC3)cc2)n1. The topological polar surface area (TPSA) is 97.6 Å². The van der Waals surface area contributed by atoms with Gasteiger partial charge in [0.2, 0.25) is 5.95 Å². The van der Waals surface area contributed by atoms with E-state index in [1.807, 2.05) is 48.5 Å². The highest BCUT2D eigenvalue weighted by Crippen LogP contribution is 2.22. The van der Waals surface area contributed by atoms with Crippen molar-refractivity contribution in [2.45, 2.75) is 0 Å². The van der Waals surface area contributed by atoms with Crippen molar-refractivity contribution >= 4 is 29.0 Å². The third-order valence-corrected chi connectivity index (χ3v) is 4.68. The van der Waals surface area contributed by atoms with E-state index in [1.54, 1.807) is 0 Å². The molecule has 4 N–H and O–H groups in total. The number of rotatable bonds is 8. The van der Waals surface area contributed by atoms with Crippen LogP contribution in [0.5, 0.6) is 5.75 Å². The van der Waals surface area contributed by atoms with E-state index in [-0.39, 0.29) is 5.95 Å². The van der Waals surface area contributed by atoms with E-state index in [1.165, 1.54) is 5.69 Å². The van der Waals surface area contributed by atoms with Crippen LogP contribution in [0.2, 0.25) is 0 Å². The van der Waals surface area contributed by atoms with Crippen LogP contribution in [0.3, 0.4) is 0 Å². The van der Waals surface area contributed by atoms with Gasteiger partial charge in [0, 0.05) is 30.5 Å². The lowest BCUT2D eigenvalue weighted by atomic mass is 10.2. The lowest BCUT2D eigenvalue weighted by molar-refractivity contribution is 0.122. The molecule has 2 aromatic carbocycles. The summed E-state index contributed by atoms with van der Waals surface area (Å²) in [5, 5.41) is 6.51. The summed E-state index contributed by atoms with van der Waals surface area (Å²) >= 11 is 0. The minimum atomic E-state index is 0.205. The van der Waals surface area contributed by atoms with Crippen LogP contribution >= 0.6 is 0 Å². The second-order valence-corrected chi connectivity index (χ2v) is 6.86. The molecule has 0 saturated carbocycles. The van der Waals surface area contributed by atoms with E-state index in [4.69, 9.17) is 15.2 Å². The lowest BCUT2D eigenvalue weighted by Gasteiger charge is -2.28. The molecule has 30 heavy (non-hydrogen) atoms. The fraction of sp³-hybridized carbons (Fsp3) is 0.273. The summed E-state index contributed by atoms with van der Waals surface area (Å²) < 4.78 is 11.1. The largest absolute Gasteiger partial charge is 0.492 e. The van der Waals surface area contributed by atoms with Gasteiger partial charge in [-0.05, 0) is 36.4 Å². The molecule has 156 valence electrons. The second kappa shape index (κ2) is 9.80. The Morgan fingerprint density at radius 2 is 1.70 bits per heavy atom. The average molecular weight is 406 g/mol. The molecule has 0 aliphatic carbocycles. The van der Waals surface area contributed by atoms with Crippen LogP contribution in [-0.4, -0.2) is 49.4 Å². The fourth-order valence-electron chi connectivity index (χ4n) is 3.21. The van der Waals surface area contributed by atoms with Gasteiger partial charge in [-0.2, -0.15) is 9.97 Å².